The maximum atomic E-state index is 12.4. The Morgan fingerprint density at radius 3 is 2.32 bits per heavy atom. The Hall–Kier alpha value is -1.97. The SMILES string of the molecule is CCCCCc1ccc(CCC2CCc3cc(OC(F)(F)F)ccc3C2)cc1. The summed E-state index contributed by atoms with van der Waals surface area (Å²) in [6.45, 7) is 2.22. The molecule has 0 saturated carbocycles. The second-order valence-electron chi connectivity index (χ2n) is 7.90. The Labute approximate surface area is 165 Å². The summed E-state index contributed by atoms with van der Waals surface area (Å²) in [5.74, 6) is 0.481. The number of alkyl halides is 3. The summed E-state index contributed by atoms with van der Waals surface area (Å²) in [6, 6.07) is 13.8. The molecule has 0 heterocycles. The van der Waals surface area contributed by atoms with Gasteiger partial charge in [-0.15, -0.1) is 13.2 Å². The van der Waals surface area contributed by atoms with Crippen molar-refractivity contribution in [2.24, 2.45) is 5.92 Å². The average molecular weight is 390 g/mol. The van der Waals surface area contributed by atoms with E-state index in [9.17, 15) is 13.2 Å². The molecule has 0 radical (unpaired) electrons. The molecule has 1 aliphatic rings. The third-order valence-electron chi connectivity index (χ3n) is 5.68. The minimum absolute atomic E-state index is 0.108. The molecule has 152 valence electrons. The smallest absolute Gasteiger partial charge is 0.406 e. The van der Waals surface area contributed by atoms with Crippen molar-refractivity contribution in [2.75, 3.05) is 0 Å². The van der Waals surface area contributed by atoms with Crippen LogP contribution >= 0.6 is 0 Å². The second kappa shape index (κ2) is 9.49. The van der Waals surface area contributed by atoms with E-state index in [0.717, 1.165) is 49.7 Å². The molecule has 1 nitrogen and oxygen atoms in total. The number of unbranched alkanes of at least 4 members (excludes halogenated alkanes) is 2. The van der Waals surface area contributed by atoms with Crippen LogP contribution in [0.15, 0.2) is 42.5 Å². The number of hydrogen-bond donors (Lipinski definition) is 0. The van der Waals surface area contributed by atoms with Crippen LogP contribution in [-0.2, 0) is 25.7 Å². The molecule has 0 N–H and O–H groups in total. The molecule has 0 fully saturated rings. The van der Waals surface area contributed by atoms with Crippen molar-refractivity contribution in [3.8, 4) is 5.75 Å². The molecule has 3 rings (SSSR count). The normalized spacial score (nSPS) is 16.6. The van der Waals surface area contributed by atoms with Crippen LogP contribution in [-0.4, -0.2) is 6.36 Å². The first-order chi connectivity index (χ1) is 13.4. The minimum atomic E-state index is -4.63. The summed E-state index contributed by atoms with van der Waals surface area (Å²) in [4.78, 5) is 0. The third kappa shape index (κ3) is 6.29. The predicted octanol–water partition coefficient (Wildman–Crippen LogP) is 7.06. The van der Waals surface area contributed by atoms with Gasteiger partial charge in [0.25, 0.3) is 0 Å². The monoisotopic (exact) mass is 390 g/mol. The van der Waals surface area contributed by atoms with Gasteiger partial charge in [-0.05, 0) is 85.3 Å². The highest BCUT2D eigenvalue weighted by Gasteiger charge is 2.31. The van der Waals surface area contributed by atoms with Crippen LogP contribution in [0.2, 0.25) is 0 Å². The molecule has 0 saturated heterocycles. The van der Waals surface area contributed by atoms with Gasteiger partial charge in [0.15, 0.2) is 0 Å². The van der Waals surface area contributed by atoms with Gasteiger partial charge in [0, 0.05) is 0 Å². The molecule has 1 aliphatic carbocycles. The molecule has 2 aromatic carbocycles. The summed E-state index contributed by atoms with van der Waals surface area (Å²) in [5.41, 5.74) is 4.95. The summed E-state index contributed by atoms with van der Waals surface area (Å²) in [7, 11) is 0. The van der Waals surface area contributed by atoms with E-state index in [4.69, 9.17) is 0 Å². The Bertz CT molecular complexity index is 749. The average Bonchev–Trinajstić information content (AvgIpc) is 2.66. The van der Waals surface area contributed by atoms with Crippen LogP contribution in [0.1, 0.15) is 61.3 Å². The van der Waals surface area contributed by atoms with E-state index in [-0.39, 0.29) is 5.75 Å². The third-order valence-corrected chi connectivity index (χ3v) is 5.68. The van der Waals surface area contributed by atoms with Gasteiger partial charge in [-0.2, -0.15) is 0 Å². The van der Waals surface area contributed by atoms with Crippen LogP contribution in [0.5, 0.6) is 5.75 Å². The lowest BCUT2D eigenvalue weighted by atomic mass is 9.81. The maximum absolute atomic E-state index is 12.4. The molecule has 0 amide bonds. The van der Waals surface area contributed by atoms with Crippen molar-refractivity contribution in [3.05, 3.63) is 64.7 Å². The molecule has 1 atom stereocenters. The molecule has 4 heteroatoms. The number of rotatable bonds is 8. The topological polar surface area (TPSA) is 9.23 Å². The van der Waals surface area contributed by atoms with Crippen molar-refractivity contribution in [2.45, 2.75) is 71.1 Å². The number of halogens is 3. The lowest BCUT2D eigenvalue weighted by Crippen LogP contribution is -2.18. The summed E-state index contributed by atoms with van der Waals surface area (Å²) >= 11 is 0. The van der Waals surface area contributed by atoms with E-state index >= 15 is 0 Å². The van der Waals surface area contributed by atoms with Gasteiger partial charge in [0.05, 0.1) is 0 Å². The fourth-order valence-corrected chi connectivity index (χ4v) is 4.07. The molecular weight excluding hydrogens is 361 g/mol. The Morgan fingerprint density at radius 1 is 0.929 bits per heavy atom. The van der Waals surface area contributed by atoms with E-state index in [1.54, 1.807) is 12.1 Å². The highest BCUT2D eigenvalue weighted by molar-refractivity contribution is 5.37. The standard InChI is InChI=1S/C24H29F3O/c1-2-3-4-5-18-6-8-19(9-7-18)10-11-20-12-13-22-17-23(28-24(25,26)27)15-14-21(22)16-20/h6-9,14-15,17,20H,2-5,10-13,16H2,1H3. The summed E-state index contributed by atoms with van der Waals surface area (Å²) in [6.07, 6.45) is 5.30. The first-order valence-corrected chi connectivity index (χ1v) is 10.4. The van der Waals surface area contributed by atoms with Gasteiger partial charge >= 0.3 is 6.36 Å². The molecule has 1 unspecified atom stereocenters. The van der Waals surface area contributed by atoms with Crippen LogP contribution in [0.25, 0.3) is 0 Å². The van der Waals surface area contributed by atoms with Gasteiger partial charge in [0.1, 0.15) is 5.75 Å². The van der Waals surface area contributed by atoms with E-state index in [1.807, 2.05) is 0 Å². The number of ether oxygens (including phenoxy) is 1. The number of fused-ring (bicyclic) bond motifs is 1. The van der Waals surface area contributed by atoms with Crippen LogP contribution < -0.4 is 4.74 Å². The number of hydrogen-bond acceptors (Lipinski definition) is 1. The van der Waals surface area contributed by atoms with Crippen molar-refractivity contribution >= 4 is 0 Å². The van der Waals surface area contributed by atoms with Crippen molar-refractivity contribution in [3.63, 3.8) is 0 Å². The fraction of sp³-hybridized carbons (Fsp3) is 0.500. The molecule has 2 aromatic rings. The maximum Gasteiger partial charge on any atom is 0.573 e. The van der Waals surface area contributed by atoms with Gasteiger partial charge in [-0.25, -0.2) is 0 Å². The molecule has 28 heavy (non-hydrogen) atoms. The van der Waals surface area contributed by atoms with Crippen LogP contribution in [0.4, 0.5) is 13.2 Å². The van der Waals surface area contributed by atoms with Crippen molar-refractivity contribution < 1.29 is 17.9 Å². The number of aryl methyl sites for hydroxylation is 3. The second-order valence-corrected chi connectivity index (χ2v) is 7.90. The van der Waals surface area contributed by atoms with Crippen LogP contribution in [0.3, 0.4) is 0 Å². The first-order valence-electron chi connectivity index (χ1n) is 10.4. The minimum Gasteiger partial charge on any atom is -0.406 e. The largest absolute Gasteiger partial charge is 0.573 e. The molecule has 0 bridgehead atoms. The Balaban J connectivity index is 1.49. The Kier molecular flexibility index (Phi) is 7.03. The molecule has 0 spiro atoms. The Morgan fingerprint density at radius 2 is 1.64 bits per heavy atom. The zero-order chi connectivity index (χ0) is 20.0. The van der Waals surface area contributed by atoms with Crippen molar-refractivity contribution in [1.29, 1.82) is 0 Å². The fourth-order valence-electron chi connectivity index (χ4n) is 4.07. The zero-order valence-corrected chi connectivity index (χ0v) is 16.5. The van der Waals surface area contributed by atoms with Gasteiger partial charge in [-0.1, -0.05) is 50.1 Å². The van der Waals surface area contributed by atoms with Gasteiger partial charge in [-0.3, -0.25) is 0 Å². The van der Waals surface area contributed by atoms with E-state index in [1.165, 1.54) is 36.5 Å². The lowest BCUT2D eigenvalue weighted by molar-refractivity contribution is -0.274. The first kappa shape index (κ1) is 20.8. The number of benzene rings is 2. The molecular formula is C24H29F3O. The highest BCUT2D eigenvalue weighted by Crippen LogP contribution is 2.32. The summed E-state index contributed by atoms with van der Waals surface area (Å²) in [5, 5.41) is 0. The van der Waals surface area contributed by atoms with E-state index < -0.39 is 6.36 Å². The van der Waals surface area contributed by atoms with Gasteiger partial charge in [0.2, 0.25) is 0 Å². The molecule has 0 aliphatic heterocycles. The van der Waals surface area contributed by atoms with Crippen LogP contribution in [0, 0.1) is 5.92 Å². The summed E-state index contributed by atoms with van der Waals surface area (Å²) < 4.78 is 41.2. The lowest BCUT2D eigenvalue weighted by Gasteiger charge is -2.25. The predicted molar refractivity (Wildman–Crippen MR) is 107 cm³/mol. The van der Waals surface area contributed by atoms with E-state index in [0.29, 0.717) is 5.92 Å². The van der Waals surface area contributed by atoms with Crippen molar-refractivity contribution in [1.82, 2.24) is 0 Å². The van der Waals surface area contributed by atoms with Gasteiger partial charge < -0.3 is 4.74 Å². The zero-order valence-electron chi connectivity index (χ0n) is 16.5. The quantitative estimate of drug-likeness (QED) is 0.439. The highest BCUT2D eigenvalue weighted by atomic mass is 19.4. The van der Waals surface area contributed by atoms with E-state index in [2.05, 4.69) is 35.9 Å². The molecule has 0 aromatic heterocycles.